The van der Waals surface area contributed by atoms with Gasteiger partial charge in [0.2, 0.25) is 11.8 Å². The summed E-state index contributed by atoms with van der Waals surface area (Å²) in [7, 11) is 0. The zero-order valence-electron chi connectivity index (χ0n) is 17.7. The molecule has 2 amide bonds. The number of rotatable bonds is 5. The number of nitrogens with one attached hydrogen (secondary N) is 1. The lowest BCUT2D eigenvalue weighted by atomic mass is 9.68. The van der Waals surface area contributed by atoms with E-state index in [2.05, 4.69) is 4.98 Å². The number of halogens is 2. The summed E-state index contributed by atoms with van der Waals surface area (Å²) < 4.78 is 0. The van der Waals surface area contributed by atoms with Gasteiger partial charge in [0.1, 0.15) is 0 Å². The third-order valence-corrected chi connectivity index (χ3v) is 11.3. The minimum atomic E-state index is -0.942. The number of amides is 2. The fraction of sp³-hybridized carbons (Fsp3) is 0.478. The number of likely N-dealkylation sites (tertiary alicyclic amines) is 1. The number of thiazole rings is 1. The summed E-state index contributed by atoms with van der Waals surface area (Å²) in [4.78, 5) is 54.9. The van der Waals surface area contributed by atoms with Gasteiger partial charge in [0.15, 0.2) is 0 Å². The summed E-state index contributed by atoms with van der Waals surface area (Å²) in [5, 5.41) is 10.7. The van der Waals surface area contributed by atoms with E-state index in [0.717, 1.165) is 21.9 Å². The van der Waals surface area contributed by atoms with Crippen molar-refractivity contribution in [3.8, 4) is 0 Å². The maximum atomic E-state index is 13.4. The highest BCUT2D eigenvalue weighted by atomic mass is 35.5. The molecule has 34 heavy (non-hydrogen) atoms. The maximum absolute atomic E-state index is 13.4. The van der Waals surface area contributed by atoms with Crippen molar-refractivity contribution in [1.29, 1.82) is 0 Å². The number of carboxylic acids is 1. The van der Waals surface area contributed by atoms with E-state index in [1.807, 2.05) is 12.1 Å². The van der Waals surface area contributed by atoms with E-state index in [0.29, 0.717) is 10.0 Å². The Morgan fingerprint density at radius 1 is 1.15 bits per heavy atom. The molecule has 2 aliphatic heterocycles. The number of nitrogens with zero attached hydrogens (tertiary/aromatic N) is 1. The number of hydrogen-bond donors (Lipinski definition) is 2. The van der Waals surface area contributed by atoms with Gasteiger partial charge in [0, 0.05) is 29.0 Å². The Hall–Kier alpha value is -1.81. The average molecular weight is 539 g/mol. The first-order valence-corrected chi connectivity index (χ1v) is 13.6. The standard InChI is InChI=1S/C23H20Cl2N2O5S2/c24-11-4-1-3-8(17(11)25)13-14-9-7-10(18(14)33-20-19(13)34-23(32)26-20)16-15(9)21(30)27(22(16)31)6-2-5-12(28)29/h1,3-4,9-10,13-16,18H,2,5-7H2,(H,26,32)(H,28,29)/t9?,10?,13-,14?,15?,16?,18?/m1/s1. The Morgan fingerprint density at radius 2 is 1.88 bits per heavy atom. The monoisotopic (exact) mass is 538 g/mol. The second kappa shape index (κ2) is 8.11. The number of carboxylic acid groups (broad SMARTS) is 1. The predicted octanol–water partition coefficient (Wildman–Crippen LogP) is 4.08. The second-order valence-corrected chi connectivity index (χ2v) is 12.4. The smallest absolute Gasteiger partial charge is 0.305 e. The van der Waals surface area contributed by atoms with Crippen LogP contribution in [0.4, 0.5) is 0 Å². The van der Waals surface area contributed by atoms with Gasteiger partial charge in [-0.2, -0.15) is 0 Å². The fourth-order valence-corrected chi connectivity index (χ4v) is 10.1. The van der Waals surface area contributed by atoms with Crippen LogP contribution in [0.15, 0.2) is 28.0 Å². The van der Waals surface area contributed by atoms with Crippen LogP contribution < -0.4 is 4.87 Å². The molecular formula is C23H20Cl2N2O5S2. The van der Waals surface area contributed by atoms with Crippen molar-refractivity contribution in [3.63, 3.8) is 0 Å². The molecule has 3 heterocycles. The number of hydrogen-bond acceptors (Lipinski definition) is 6. The third-order valence-electron chi connectivity index (χ3n) is 7.90. The lowest BCUT2D eigenvalue weighted by Crippen LogP contribution is -2.42. The maximum Gasteiger partial charge on any atom is 0.305 e. The van der Waals surface area contributed by atoms with Crippen LogP contribution in [-0.2, 0) is 14.4 Å². The van der Waals surface area contributed by atoms with Crippen molar-refractivity contribution >= 4 is 64.1 Å². The van der Waals surface area contributed by atoms with Gasteiger partial charge in [0.05, 0.1) is 26.9 Å². The molecule has 178 valence electrons. The van der Waals surface area contributed by atoms with Crippen molar-refractivity contribution in [2.24, 2.45) is 29.6 Å². The van der Waals surface area contributed by atoms with Crippen LogP contribution in [0.3, 0.4) is 0 Å². The molecule has 1 saturated heterocycles. The Morgan fingerprint density at radius 3 is 2.62 bits per heavy atom. The number of thioether (sulfide) groups is 1. The van der Waals surface area contributed by atoms with Gasteiger partial charge >= 0.3 is 10.8 Å². The average Bonchev–Trinajstić information content (AvgIpc) is 3.51. The molecule has 3 fully saturated rings. The first kappa shape index (κ1) is 22.6. The molecule has 2 N–H and O–H groups in total. The lowest BCUT2D eigenvalue weighted by Gasteiger charge is -2.43. The molecule has 2 aromatic rings. The van der Waals surface area contributed by atoms with Crippen molar-refractivity contribution in [3.05, 3.63) is 48.4 Å². The predicted molar refractivity (Wildman–Crippen MR) is 129 cm³/mol. The third kappa shape index (κ3) is 3.16. The minimum Gasteiger partial charge on any atom is -0.481 e. The van der Waals surface area contributed by atoms with Crippen molar-refractivity contribution in [2.75, 3.05) is 6.54 Å². The van der Waals surface area contributed by atoms with E-state index in [4.69, 9.17) is 28.3 Å². The molecular weight excluding hydrogens is 519 g/mol. The molecule has 7 atom stereocenters. The number of benzene rings is 1. The summed E-state index contributed by atoms with van der Waals surface area (Å²) in [6.45, 7) is 0.142. The number of aromatic amines is 1. The molecule has 6 rings (SSSR count). The van der Waals surface area contributed by atoms with E-state index in [1.165, 1.54) is 16.2 Å². The molecule has 0 radical (unpaired) electrons. The van der Waals surface area contributed by atoms with E-state index >= 15 is 0 Å². The lowest BCUT2D eigenvalue weighted by molar-refractivity contribution is -0.142. The molecule has 0 spiro atoms. The molecule has 4 aliphatic rings. The molecule has 1 aromatic carbocycles. The van der Waals surface area contributed by atoms with E-state index < -0.39 is 11.9 Å². The highest BCUT2D eigenvalue weighted by Gasteiger charge is 2.69. The van der Waals surface area contributed by atoms with E-state index in [1.54, 1.807) is 17.8 Å². The number of aliphatic carboxylic acids is 1. The molecule has 2 saturated carbocycles. The van der Waals surface area contributed by atoms with Gasteiger partial charge in [-0.3, -0.25) is 24.1 Å². The zero-order chi connectivity index (χ0) is 23.9. The Bertz CT molecular complexity index is 1290. The number of imide groups is 1. The number of aromatic nitrogens is 1. The zero-order valence-corrected chi connectivity index (χ0v) is 20.8. The number of carbonyl (C=O) groups is 3. The highest BCUT2D eigenvalue weighted by molar-refractivity contribution is 8.00. The van der Waals surface area contributed by atoms with Crippen LogP contribution in [-0.4, -0.2) is 44.6 Å². The molecule has 2 bridgehead atoms. The van der Waals surface area contributed by atoms with Crippen molar-refractivity contribution in [1.82, 2.24) is 9.88 Å². The summed E-state index contributed by atoms with van der Waals surface area (Å²) in [5.41, 5.74) is 0.847. The van der Waals surface area contributed by atoms with Gasteiger partial charge in [-0.25, -0.2) is 0 Å². The second-order valence-electron chi connectivity index (χ2n) is 9.43. The first-order chi connectivity index (χ1) is 16.3. The van der Waals surface area contributed by atoms with Crippen LogP contribution in [0, 0.1) is 29.6 Å². The van der Waals surface area contributed by atoms with Gasteiger partial charge in [0.25, 0.3) is 0 Å². The SMILES string of the molecule is O=C(O)CCCN1C(=O)C2C3CC(C2C1=O)C1C3Sc2[nH]c(=O)sc2[C@@H]1c1cccc(Cl)c1Cl. The quantitative estimate of drug-likeness (QED) is 0.555. The van der Waals surface area contributed by atoms with Crippen LogP contribution in [0.1, 0.15) is 35.6 Å². The largest absolute Gasteiger partial charge is 0.481 e. The molecule has 6 unspecified atom stereocenters. The fourth-order valence-electron chi connectivity index (χ4n) is 6.80. The molecule has 1 aromatic heterocycles. The van der Waals surface area contributed by atoms with Crippen molar-refractivity contribution in [2.45, 2.75) is 35.5 Å². The molecule has 2 aliphatic carbocycles. The minimum absolute atomic E-state index is 0.0150. The topological polar surface area (TPSA) is 108 Å². The van der Waals surface area contributed by atoms with E-state index in [9.17, 15) is 19.2 Å². The van der Waals surface area contributed by atoms with Gasteiger partial charge in [-0.1, -0.05) is 46.7 Å². The van der Waals surface area contributed by atoms with Gasteiger partial charge in [-0.15, -0.1) is 11.8 Å². The van der Waals surface area contributed by atoms with E-state index in [-0.39, 0.29) is 70.9 Å². The van der Waals surface area contributed by atoms with Crippen LogP contribution in [0.25, 0.3) is 0 Å². The highest BCUT2D eigenvalue weighted by Crippen LogP contribution is 2.68. The number of fused-ring (bicyclic) bond motifs is 9. The summed E-state index contributed by atoms with van der Waals surface area (Å²) in [6, 6.07) is 5.51. The van der Waals surface area contributed by atoms with Crippen molar-refractivity contribution < 1.29 is 19.5 Å². The number of carbonyl (C=O) groups excluding carboxylic acids is 2. The van der Waals surface area contributed by atoms with Gasteiger partial charge < -0.3 is 10.1 Å². The first-order valence-electron chi connectivity index (χ1n) is 11.2. The number of H-pyrrole nitrogens is 1. The normalized spacial score (nSPS) is 33.2. The Kier molecular flexibility index (Phi) is 5.40. The summed E-state index contributed by atoms with van der Waals surface area (Å²) in [6.07, 6.45) is 0.956. The summed E-state index contributed by atoms with van der Waals surface area (Å²) in [5.74, 6) is -2.21. The Balaban J connectivity index is 1.40. The summed E-state index contributed by atoms with van der Waals surface area (Å²) >= 11 is 15.8. The van der Waals surface area contributed by atoms with Crippen LogP contribution in [0.2, 0.25) is 10.0 Å². The van der Waals surface area contributed by atoms with Gasteiger partial charge in [-0.05, 0) is 42.2 Å². The molecule has 7 nitrogen and oxygen atoms in total. The Labute approximate surface area is 212 Å². The molecule has 11 heteroatoms. The van der Waals surface area contributed by atoms with Crippen LogP contribution in [0.5, 0.6) is 0 Å². The van der Waals surface area contributed by atoms with Crippen LogP contribution >= 0.6 is 46.3 Å².